The summed E-state index contributed by atoms with van der Waals surface area (Å²) in [6, 6.07) is 18.5. The van der Waals surface area contributed by atoms with Gasteiger partial charge in [0.25, 0.3) is 0 Å². The van der Waals surface area contributed by atoms with E-state index >= 15 is 0 Å². The van der Waals surface area contributed by atoms with E-state index in [1.165, 1.54) is 17.7 Å². The van der Waals surface area contributed by atoms with Crippen molar-refractivity contribution in [3.8, 4) is 0 Å². The van der Waals surface area contributed by atoms with Gasteiger partial charge in [0.05, 0.1) is 11.7 Å². The molecule has 0 N–H and O–H groups in total. The minimum atomic E-state index is 0.413. The number of pyridine rings is 1. The Morgan fingerprint density at radius 1 is 1.05 bits per heavy atom. The zero-order valence-electron chi connectivity index (χ0n) is 12.3. The highest BCUT2D eigenvalue weighted by atomic mass is 15.3. The first-order valence-electron chi connectivity index (χ1n) is 7.76. The van der Waals surface area contributed by atoms with E-state index in [-0.39, 0.29) is 0 Å². The Kier molecular flexibility index (Phi) is 3.12. The Hall–Kier alpha value is -1.93. The molecular weight excluding hydrogens is 256 g/mol. The summed E-state index contributed by atoms with van der Waals surface area (Å²) >= 11 is 0. The molecule has 0 amide bonds. The second-order valence-corrected chi connectivity index (χ2v) is 6.09. The molecule has 0 radical (unpaired) electrons. The Morgan fingerprint density at radius 2 is 1.86 bits per heavy atom. The summed E-state index contributed by atoms with van der Waals surface area (Å²) in [5, 5.41) is 0. The van der Waals surface area contributed by atoms with Crippen LogP contribution in [0.3, 0.4) is 0 Å². The summed E-state index contributed by atoms with van der Waals surface area (Å²) in [7, 11) is 0. The lowest BCUT2D eigenvalue weighted by atomic mass is 9.96. The van der Waals surface area contributed by atoms with Gasteiger partial charge in [-0.2, -0.15) is 0 Å². The smallest absolute Gasteiger partial charge is 0.0595 e. The van der Waals surface area contributed by atoms with Crippen LogP contribution in [-0.4, -0.2) is 15.9 Å². The third-order valence-electron chi connectivity index (χ3n) is 4.92. The quantitative estimate of drug-likeness (QED) is 0.783. The molecule has 4 atom stereocenters. The molecule has 2 heterocycles. The van der Waals surface area contributed by atoms with Crippen molar-refractivity contribution in [3.05, 3.63) is 78.1 Å². The van der Waals surface area contributed by atoms with Gasteiger partial charge in [-0.3, -0.25) is 9.88 Å². The molecule has 4 rings (SSSR count). The zero-order valence-corrected chi connectivity index (χ0v) is 12.3. The van der Waals surface area contributed by atoms with Gasteiger partial charge in [0.1, 0.15) is 0 Å². The van der Waals surface area contributed by atoms with E-state index in [4.69, 9.17) is 0 Å². The average molecular weight is 276 g/mol. The van der Waals surface area contributed by atoms with Crippen LogP contribution in [0.5, 0.6) is 0 Å². The highest BCUT2D eigenvalue weighted by molar-refractivity contribution is 5.27. The highest BCUT2D eigenvalue weighted by Crippen LogP contribution is 2.49. The first-order valence-corrected chi connectivity index (χ1v) is 7.76. The number of hydrogen-bond acceptors (Lipinski definition) is 2. The number of nitrogens with zero attached hydrogens (tertiary/aromatic N) is 2. The molecule has 2 aromatic rings. The van der Waals surface area contributed by atoms with Gasteiger partial charge in [-0.25, -0.2) is 0 Å². The maximum Gasteiger partial charge on any atom is 0.0595 e. The van der Waals surface area contributed by atoms with E-state index in [1.54, 1.807) is 0 Å². The van der Waals surface area contributed by atoms with Crippen LogP contribution in [-0.2, 0) is 0 Å². The van der Waals surface area contributed by atoms with Crippen LogP contribution in [0.4, 0.5) is 0 Å². The molecule has 2 bridgehead atoms. The normalized spacial score (nSPS) is 28.9. The van der Waals surface area contributed by atoms with Crippen molar-refractivity contribution in [2.75, 3.05) is 0 Å². The van der Waals surface area contributed by atoms with Crippen molar-refractivity contribution in [2.24, 2.45) is 5.92 Å². The minimum absolute atomic E-state index is 0.413. The van der Waals surface area contributed by atoms with Crippen molar-refractivity contribution >= 4 is 0 Å². The largest absolute Gasteiger partial charge is 0.281 e. The molecule has 1 saturated heterocycles. The van der Waals surface area contributed by atoms with Gasteiger partial charge in [0.2, 0.25) is 0 Å². The molecular formula is C19H20N2. The van der Waals surface area contributed by atoms with Crippen LogP contribution in [0.2, 0.25) is 0 Å². The highest BCUT2D eigenvalue weighted by Gasteiger charge is 2.45. The van der Waals surface area contributed by atoms with E-state index in [9.17, 15) is 0 Å². The van der Waals surface area contributed by atoms with Crippen LogP contribution >= 0.6 is 0 Å². The molecule has 0 unspecified atom stereocenters. The fourth-order valence-corrected chi connectivity index (χ4v) is 3.94. The van der Waals surface area contributed by atoms with Crippen molar-refractivity contribution in [2.45, 2.75) is 31.5 Å². The summed E-state index contributed by atoms with van der Waals surface area (Å²) < 4.78 is 0. The number of rotatable bonds is 3. The van der Waals surface area contributed by atoms with Crippen molar-refractivity contribution in [1.82, 2.24) is 9.88 Å². The summed E-state index contributed by atoms with van der Waals surface area (Å²) in [6.45, 7) is 2.32. The SMILES string of the molecule is C[C@H](c1ccccc1)N1[C@H]2C=C[C@@H](C2)[C@@H]1c1ccccn1. The Bertz CT molecular complexity index is 635. The molecule has 1 aliphatic heterocycles. The third kappa shape index (κ3) is 2.11. The first kappa shape index (κ1) is 12.8. The number of benzene rings is 1. The van der Waals surface area contributed by atoms with Crippen LogP contribution in [0.25, 0.3) is 0 Å². The number of aromatic nitrogens is 1. The molecule has 1 aliphatic carbocycles. The number of likely N-dealkylation sites (tertiary alicyclic amines) is 1. The maximum atomic E-state index is 4.63. The molecule has 106 valence electrons. The van der Waals surface area contributed by atoms with Crippen LogP contribution in [0, 0.1) is 5.92 Å². The predicted octanol–water partition coefficient (Wildman–Crippen LogP) is 4.14. The van der Waals surface area contributed by atoms with Gasteiger partial charge in [0.15, 0.2) is 0 Å². The summed E-state index contributed by atoms with van der Waals surface area (Å²) in [6.07, 6.45) is 7.91. The summed E-state index contributed by atoms with van der Waals surface area (Å²) in [4.78, 5) is 7.27. The second-order valence-electron chi connectivity index (χ2n) is 6.09. The van der Waals surface area contributed by atoms with E-state index in [0.29, 0.717) is 24.0 Å². The Balaban J connectivity index is 1.71. The van der Waals surface area contributed by atoms with Gasteiger partial charge >= 0.3 is 0 Å². The fourth-order valence-electron chi connectivity index (χ4n) is 3.94. The molecule has 2 nitrogen and oxygen atoms in total. The molecule has 2 heteroatoms. The topological polar surface area (TPSA) is 16.1 Å². The minimum Gasteiger partial charge on any atom is -0.281 e. The van der Waals surface area contributed by atoms with Crippen LogP contribution in [0.1, 0.15) is 36.7 Å². The lowest BCUT2D eigenvalue weighted by molar-refractivity contribution is 0.142. The predicted molar refractivity (Wildman–Crippen MR) is 84.7 cm³/mol. The lowest BCUT2D eigenvalue weighted by Gasteiger charge is -2.37. The van der Waals surface area contributed by atoms with E-state index in [2.05, 4.69) is 71.4 Å². The van der Waals surface area contributed by atoms with Crippen LogP contribution < -0.4 is 0 Å². The fraction of sp³-hybridized carbons (Fsp3) is 0.316. The molecule has 1 aromatic heterocycles. The van der Waals surface area contributed by atoms with Crippen molar-refractivity contribution in [1.29, 1.82) is 0 Å². The molecule has 0 spiro atoms. The van der Waals surface area contributed by atoms with E-state index in [0.717, 1.165) is 0 Å². The Morgan fingerprint density at radius 3 is 2.62 bits per heavy atom. The third-order valence-corrected chi connectivity index (χ3v) is 4.92. The monoisotopic (exact) mass is 276 g/mol. The maximum absolute atomic E-state index is 4.63. The van der Waals surface area contributed by atoms with Crippen LogP contribution in [0.15, 0.2) is 66.9 Å². The molecule has 0 saturated carbocycles. The van der Waals surface area contributed by atoms with Gasteiger partial charge in [-0.1, -0.05) is 48.6 Å². The molecule has 21 heavy (non-hydrogen) atoms. The molecule has 2 aliphatic rings. The zero-order chi connectivity index (χ0) is 14.2. The standard InChI is InChI=1S/C19H20N2/c1-14(15-7-3-2-4-8-15)21-17-11-10-16(13-17)19(21)18-9-5-6-12-20-18/h2-12,14,16-17,19H,13H2,1H3/t14-,16+,17+,19-/m1/s1. The van der Waals surface area contributed by atoms with Gasteiger partial charge < -0.3 is 0 Å². The second kappa shape index (κ2) is 5.12. The Labute approximate surface area is 126 Å². The summed E-state index contributed by atoms with van der Waals surface area (Å²) in [5.41, 5.74) is 2.59. The van der Waals surface area contributed by atoms with Crippen molar-refractivity contribution < 1.29 is 0 Å². The first-order chi connectivity index (χ1) is 10.3. The van der Waals surface area contributed by atoms with Gasteiger partial charge in [0, 0.05) is 18.3 Å². The summed E-state index contributed by atoms with van der Waals surface area (Å²) in [5.74, 6) is 0.607. The average Bonchev–Trinajstić information content (AvgIpc) is 3.17. The van der Waals surface area contributed by atoms with Gasteiger partial charge in [-0.15, -0.1) is 0 Å². The van der Waals surface area contributed by atoms with E-state index in [1.807, 2.05) is 12.3 Å². The lowest BCUT2D eigenvalue weighted by Crippen LogP contribution is -2.35. The van der Waals surface area contributed by atoms with E-state index < -0.39 is 0 Å². The number of hydrogen-bond donors (Lipinski definition) is 0. The van der Waals surface area contributed by atoms with Crippen molar-refractivity contribution in [3.63, 3.8) is 0 Å². The molecule has 1 aromatic carbocycles. The van der Waals surface area contributed by atoms with Gasteiger partial charge in [-0.05, 0) is 37.0 Å². The number of fused-ring (bicyclic) bond motifs is 2. The molecule has 1 fully saturated rings.